The molecule has 2 aromatic heterocycles. The maximum atomic E-state index is 12.0. The lowest BCUT2D eigenvalue weighted by Crippen LogP contribution is -2.33. The van der Waals surface area contributed by atoms with E-state index in [4.69, 9.17) is 0 Å². The average Bonchev–Trinajstić information content (AvgIpc) is 3.10. The molecule has 2 heterocycles. The highest BCUT2D eigenvalue weighted by atomic mass is 32.1. The van der Waals surface area contributed by atoms with Crippen LogP contribution < -0.4 is 5.32 Å². The third-order valence-corrected chi connectivity index (χ3v) is 3.77. The van der Waals surface area contributed by atoms with Crippen LogP contribution in [0.25, 0.3) is 0 Å². The number of rotatable bonds is 7. The van der Waals surface area contributed by atoms with Gasteiger partial charge in [-0.1, -0.05) is 11.3 Å². The minimum Gasteiger partial charge on any atom is -0.342 e. The number of carbonyl (C=O) groups excluding carboxylic acids is 2. The van der Waals surface area contributed by atoms with Crippen molar-refractivity contribution < 1.29 is 9.59 Å². The van der Waals surface area contributed by atoms with Gasteiger partial charge in [0, 0.05) is 25.4 Å². The zero-order valence-electron chi connectivity index (χ0n) is 11.9. The lowest BCUT2D eigenvalue weighted by molar-refractivity contribution is -0.131. The predicted molar refractivity (Wildman–Crippen MR) is 80.9 cm³/mol. The number of nitrogens with zero attached hydrogens (tertiary/aromatic N) is 4. The van der Waals surface area contributed by atoms with Crippen molar-refractivity contribution in [3.63, 3.8) is 0 Å². The van der Waals surface area contributed by atoms with E-state index in [0.29, 0.717) is 28.9 Å². The van der Waals surface area contributed by atoms with E-state index in [0.717, 1.165) is 6.29 Å². The van der Waals surface area contributed by atoms with Crippen LogP contribution in [-0.4, -0.2) is 44.9 Å². The van der Waals surface area contributed by atoms with Crippen LogP contribution in [-0.2, 0) is 11.3 Å². The maximum absolute atomic E-state index is 12.0. The molecule has 0 fully saturated rings. The SMILES string of the molecule is CCN(CC)C(=O)Cn1ccc(Nc2ncc(C=O)s2)n1. The Morgan fingerprint density at radius 1 is 1.48 bits per heavy atom. The van der Waals surface area contributed by atoms with Crippen molar-refractivity contribution in [2.45, 2.75) is 20.4 Å². The zero-order valence-corrected chi connectivity index (χ0v) is 12.8. The maximum Gasteiger partial charge on any atom is 0.244 e. The van der Waals surface area contributed by atoms with E-state index < -0.39 is 0 Å². The van der Waals surface area contributed by atoms with Gasteiger partial charge in [-0.15, -0.1) is 0 Å². The van der Waals surface area contributed by atoms with Crippen molar-refractivity contribution in [1.82, 2.24) is 19.7 Å². The standard InChI is InChI=1S/C13H17N5O2S/c1-3-17(4-2)12(20)8-18-6-5-11(16-18)15-13-14-7-10(9-19)21-13/h5-7,9H,3-4,8H2,1-2H3,(H,14,15,16). The first kappa shape index (κ1) is 15.2. The van der Waals surface area contributed by atoms with Gasteiger partial charge >= 0.3 is 0 Å². The molecule has 7 nitrogen and oxygen atoms in total. The first-order valence-electron chi connectivity index (χ1n) is 6.65. The Balaban J connectivity index is 1.97. The van der Waals surface area contributed by atoms with Crippen molar-refractivity contribution in [2.75, 3.05) is 18.4 Å². The van der Waals surface area contributed by atoms with E-state index in [2.05, 4.69) is 15.4 Å². The van der Waals surface area contributed by atoms with E-state index in [1.165, 1.54) is 17.5 Å². The average molecular weight is 307 g/mol. The third-order valence-electron chi connectivity index (χ3n) is 2.93. The largest absolute Gasteiger partial charge is 0.342 e. The third kappa shape index (κ3) is 3.88. The summed E-state index contributed by atoms with van der Waals surface area (Å²) in [6.07, 6.45) is 3.99. The summed E-state index contributed by atoms with van der Waals surface area (Å²) in [5.41, 5.74) is 0. The highest BCUT2D eigenvalue weighted by Crippen LogP contribution is 2.20. The quantitative estimate of drug-likeness (QED) is 0.788. The van der Waals surface area contributed by atoms with Gasteiger partial charge in [0.1, 0.15) is 6.54 Å². The summed E-state index contributed by atoms with van der Waals surface area (Å²) < 4.78 is 1.58. The lowest BCUT2D eigenvalue weighted by atomic mass is 10.4. The van der Waals surface area contributed by atoms with Crippen molar-refractivity contribution in [3.05, 3.63) is 23.3 Å². The Hall–Kier alpha value is -2.22. The van der Waals surface area contributed by atoms with Crippen molar-refractivity contribution in [1.29, 1.82) is 0 Å². The highest BCUT2D eigenvalue weighted by Gasteiger charge is 2.11. The molecule has 0 spiro atoms. The van der Waals surface area contributed by atoms with Crippen LogP contribution in [0.4, 0.5) is 10.9 Å². The van der Waals surface area contributed by atoms with Gasteiger partial charge in [-0.2, -0.15) is 5.10 Å². The van der Waals surface area contributed by atoms with Crippen LogP contribution in [0, 0.1) is 0 Å². The fourth-order valence-corrected chi connectivity index (χ4v) is 2.48. The topological polar surface area (TPSA) is 80.1 Å². The van der Waals surface area contributed by atoms with Gasteiger partial charge < -0.3 is 10.2 Å². The number of carbonyl (C=O) groups is 2. The molecular weight excluding hydrogens is 290 g/mol. The van der Waals surface area contributed by atoms with Gasteiger partial charge in [0.15, 0.2) is 17.2 Å². The second-order valence-corrected chi connectivity index (χ2v) is 5.34. The van der Waals surface area contributed by atoms with Gasteiger partial charge in [-0.05, 0) is 13.8 Å². The molecule has 0 bridgehead atoms. The van der Waals surface area contributed by atoms with E-state index in [1.54, 1.807) is 21.8 Å². The number of anilines is 2. The summed E-state index contributed by atoms with van der Waals surface area (Å²) in [5, 5.41) is 7.86. The van der Waals surface area contributed by atoms with Gasteiger partial charge in [-0.3, -0.25) is 14.3 Å². The van der Waals surface area contributed by atoms with E-state index in [-0.39, 0.29) is 12.5 Å². The number of amides is 1. The Morgan fingerprint density at radius 2 is 2.24 bits per heavy atom. The summed E-state index contributed by atoms with van der Waals surface area (Å²) in [5.74, 6) is 0.626. The molecule has 0 aliphatic carbocycles. The summed E-state index contributed by atoms with van der Waals surface area (Å²) in [6, 6.07) is 1.76. The molecule has 21 heavy (non-hydrogen) atoms. The summed E-state index contributed by atoms with van der Waals surface area (Å²) in [4.78, 5) is 28.9. The van der Waals surface area contributed by atoms with Crippen molar-refractivity contribution in [3.8, 4) is 0 Å². The predicted octanol–water partition coefficient (Wildman–Crippen LogP) is 1.76. The monoisotopic (exact) mass is 307 g/mol. The number of thiazole rings is 1. The Labute approximate surface area is 126 Å². The minimum absolute atomic E-state index is 0.0344. The number of likely N-dealkylation sites (N-methyl/N-ethyl adjacent to an activating group) is 1. The zero-order chi connectivity index (χ0) is 15.2. The van der Waals surface area contributed by atoms with Crippen molar-refractivity contribution in [2.24, 2.45) is 0 Å². The Bertz CT molecular complexity index is 618. The van der Waals surface area contributed by atoms with E-state index in [9.17, 15) is 9.59 Å². The summed E-state index contributed by atoms with van der Waals surface area (Å²) in [7, 11) is 0. The normalized spacial score (nSPS) is 10.4. The van der Waals surface area contributed by atoms with Crippen LogP contribution in [0.3, 0.4) is 0 Å². The van der Waals surface area contributed by atoms with E-state index >= 15 is 0 Å². The van der Waals surface area contributed by atoms with Crippen LogP contribution in [0.5, 0.6) is 0 Å². The Kier molecular flexibility index (Phi) is 5.04. The summed E-state index contributed by atoms with van der Waals surface area (Å²) in [6.45, 7) is 5.49. The van der Waals surface area contributed by atoms with Crippen molar-refractivity contribution >= 4 is 34.5 Å². The highest BCUT2D eigenvalue weighted by molar-refractivity contribution is 7.17. The Morgan fingerprint density at radius 3 is 2.86 bits per heavy atom. The van der Waals surface area contributed by atoms with Crippen LogP contribution >= 0.6 is 11.3 Å². The molecule has 0 aliphatic heterocycles. The molecule has 0 unspecified atom stereocenters. The van der Waals surface area contributed by atoms with Crippen LogP contribution in [0.15, 0.2) is 18.5 Å². The van der Waals surface area contributed by atoms with Gasteiger partial charge in [0.25, 0.3) is 0 Å². The number of aromatic nitrogens is 3. The van der Waals surface area contributed by atoms with Gasteiger partial charge in [0.2, 0.25) is 5.91 Å². The molecule has 1 N–H and O–H groups in total. The fourth-order valence-electron chi connectivity index (χ4n) is 1.84. The molecule has 0 saturated carbocycles. The van der Waals surface area contributed by atoms with Crippen LogP contribution in [0.2, 0.25) is 0 Å². The number of hydrogen-bond donors (Lipinski definition) is 1. The molecule has 0 atom stereocenters. The molecule has 8 heteroatoms. The van der Waals surface area contributed by atoms with Crippen LogP contribution in [0.1, 0.15) is 23.5 Å². The first-order valence-corrected chi connectivity index (χ1v) is 7.47. The number of nitrogens with one attached hydrogen (secondary N) is 1. The molecule has 112 valence electrons. The van der Waals surface area contributed by atoms with Gasteiger partial charge in [-0.25, -0.2) is 4.98 Å². The molecule has 0 aliphatic rings. The first-order chi connectivity index (χ1) is 10.2. The summed E-state index contributed by atoms with van der Waals surface area (Å²) >= 11 is 1.25. The second-order valence-electron chi connectivity index (χ2n) is 4.28. The smallest absolute Gasteiger partial charge is 0.244 e. The number of aldehydes is 1. The fraction of sp³-hybridized carbons (Fsp3) is 0.385. The van der Waals surface area contributed by atoms with E-state index in [1.807, 2.05) is 13.8 Å². The lowest BCUT2D eigenvalue weighted by Gasteiger charge is -2.18. The molecule has 2 rings (SSSR count). The molecule has 1 amide bonds. The van der Waals surface area contributed by atoms with Gasteiger partial charge in [0.05, 0.1) is 11.1 Å². The molecule has 0 aromatic carbocycles. The molecule has 0 radical (unpaired) electrons. The second kappa shape index (κ2) is 6.98. The minimum atomic E-state index is 0.0344. The molecular formula is C13H17N5O2S. The molecule has 2 aromatic rings. The number of hydrogen-bond acceptors (Lipinski definition) is 6. The molecule has 0 saturated heterocycles.